The van der Waals surface area contributed by atoms with Gasteiger partial charge >= 0.3 is 5.97 Å². The van der Waals surface area contributed by atoms with Crippen LogP contribution in [0.3, 0.4) is 0 Å². The van der Waals surface area contributed by atoms with E-state index in [0.29, 0.717) is 0 Å². The average Bonchev–Trinajstić information content (AvgIpc) is 2.13. The molecule has 1 unspecified atom stereocenters. The van der Waals surface area contributed by atoms with Crippen LogP contribution in [0.4, 0.5) is 0 Å². The predicted molar refractivity (Wildman–Crippen MR) is 67.7 cm³/mol. The summed E-state index contributed by atoms with van der Waals surface area (Å²) in [5, 5.41) is 8.58. The summed E-state index contributed by atoms with van der Waals surface area (Å²) in [4.78, 5) is 10.5. The number of methoxy groups -OCH3 is 1. The zero-order valence-corrected chi connectivity index (χ0v) is 11.7. The number of carbonyl (C=O) groups is 1. The van der Waals surface area contributed by atoms with Crippen molar-refractivity contribution in [3.05, 3.63) is 0 Å². The number of hydrogen-bond donors (Lipinski definition) is 1. The van der Waals surface area contributed by atoms with Gasteiger partial charge < -0.3 is 9.84 Å². The van der Waals surface area contributed by atoms with Crippen molar-refractivity contribution in [1.82, 2.24) is 0 Å². The van der Waals surface area contributed by atoms with Crippen molar-refractivity contribution in [2.75, 3.05) is 7.11 Å². The van der Waals surface area contributed by atoms with E-state index in [-0.39, 0.29) is 5.41 Å². The van der Waals surface area contributed by atoms with E-state index in [1.165, 1.54) is 32.8 Å². The zero-order chi connectivity index (χ0) is 13.2. The molecule has 3 heteroatoms. The van der Waals surface area contributed by atoms with Gasteiger partial charge in [-0.05, 0) is 5.41 Å². The molecule has 3 nitrogen and oxygen atoms in total. The van der Waals surface area contributed by atoms with E-state index in [2.05, 4.69) is 13.8 Å². The summed E-state index contributed by atoms with van der Waals surface area (Å²) in [5.41, 5.74) is -0.333. The average molecular weight is 232 g/mol. The third-order valence-corrected chi connectivity index (χ3v) is 2.20. The third-order valence-electron chi connectivity index (χ3n) is 2.20. The smallest absolute Gasteiger partial charge is 0.333 e. The van der Waals surface area contributed by atoms with Crippen LogP contribution >= 0.6 is 0 Å². The van der Waals surface area contributed by atoms with Gasteiger partial charge in [-0.2, -0.15) is 0 Å². The molecule has 0 aliphatic carbocycles. The molecule has 0 aliphatic rings. The van der Waals surface area contributed by atoms with Crippen molar-refractivity contribution >= 4 is 5.97 Å². The Morgan fingerprint density at radius 2 is 1.56 bits per heavy atom. The second kappa shape index (κ2) is 9.64. The first-order valence-electron chi connectivity index (χ1n) is 6.06. The normalized spacial score (nSPS) is 12.6. The fraction of sp³-hybridized carbons (Fsp3) is 0.923. The molecule has 0 bridgehead atoms. The van der Waals surface area contributed by atoms with E-state index < -0.39 is 12.1 Å². The predicted octanol–water partition coefficient (Wildman–Crippen LogP) is 3.72. The minimum absolute atomic E-state index is 0.333. The lowest BCUT2D eigenvalue weighted by Gasteiger charge is -2.24. The van der Waals surface area contributed by atoms with E-state index in [4.69, 9.17) is 9.84 Å². The Morgan fingerprint density at radius 1 is 1.19 bits per heavy atom. The van der Waals surface area contributed by atoms with Crippen LogP contribution in [0.2, 0.25) is 0 Å². The topological polar surface area (TPSA) is 46.5 Å². The van der Waals surface area contributed by atoms with Gasteiger partial charge in [-0.3, -0.25) is 0 Å². The van der Waals surface area contributed by atoms with Gasteiger partial charge in [-0.25, -0.2) is 4.79 Å². The summed E-state index contributed by atoms with van der Waals surface area (Å²) >= 11 is 0. The van der Waals surface area contributed by atoms with Gasteiger partial charge in [0.1, 0.15) is 0 Å². The molecular weight excluding hydrogens is 204 g/mol. The van der Waals surface area contributed by atoms with Crippen LogP contribution in [-0.4, -0.2) is 24.3 Å². The van der Waals surface area contributed by atoms with Gasteiger partial charge in [0.2, 0.25) is 0 Å². The molecule has 0 spiro atoms. The maximum Gasteiger partial charge on any atom is 0.333 e. The molecule has 0 aromatic rings. The van der Waals surface area contributed by atoms with Crippen LogP contribution in [-0.2, 0) is 9.53 Å². The van der Waals surface area contributed by atoms with Gasteiger partial charge in [-0.15, -0.1) is 0 Å². The molecule has 0 saturated heterocycles. The van der Waals surface area contributed by atoms with Crippen molar-refractivity contribution in [3.63, 3.8) is 0 Å². The highest BCUT2D eigenvalue weighted by Gasteiger charge is 2.30. The maximum absolute atomic E-state index is 10.5. The molecule has 1 N–H and O–H groups in total. The first-order valence-corrected chi connectivity index (χ1v) is 6.06. The number of carboxylic acids is 1. The van der Waals surface area contributed by atoms with Gasteiger partial charge in [0, 0.05) is 7.11 Å². The SMILES string of the molecule is CCCCCC.COC(C(=O)O)C(C)(C)C. The first kappa shape index (κ1) is 17.8. The Bertz CT molecular complexity index is 167. The van der Waals surface area contributed by atoms with Crippen LogP contribution in [0.15, 0.2) is 0 Å². The van der Waals surface area contributed by atoms with Gasteiger partial charge in [0.15, 0.2) is 6.10 Å². The van der Waals surface area contributed by atoms with E-state index >= 15 is 0 Å². The summed E-state index contributed by atoms with van der Waals surface area (Å²) in [7, 11) is 1.41. The lowest BCUT2D eigenvalue weighted by atomic mass is 9.89. The minimum atomic E-state index is -0.907. The molecule has 0 saturated carbocycles. The molecule has 98 valence electrons. The highest BCUT2D eigenvalue weighted by molar-refractivity contribution is 5.73. The van der Waals surface area contributed by atoms with Crippen molar-refractivity contribution in [1.29, 1.82) is 0 Å². The van der Waals surface area contributed by atoms with Crippen LogP contribution in [0.5, 0.6) is 0 Å². The molecular formula is C13H28O3. The molecule has 0 aromatic carbocycles. The molecule has 16 heavy (non-hydrogen) atoms. The first-order chi connectivity index (χ1) is 7.31. The van der Waals surface area contributed by atoms with E-state index in [0.717, 1.165) is 0 Å². The van der Waals surface area contributed by atoms with Crippen LogP contribution in [0, 0.1) is 5.41 Å². The van der Waals surface area contributed by atoms with Crippen molar-refractivity contribution in [2.24, 2.45) is 5.41 Å². The second-order valence-electron chi connectivity index (χ2n) is 5.03. The monoisotopic (exact) mass is 232 g/mol. The summed E-state index contributed by atoms with van der Waals surface area (Å²) < 4.78 is 4.78. The zero-order valence-electron chi connectivity index (χ0n) is 11.7. The summed E-state index contributed by atoms with van der Waals surface area (Å²) in [6, 6.07) is 0. The molecule has 0 rings (SSSR count). The molecule has 0 aromatic heterocycles. The number of carboxylic acid groups (broad SMARTS) is 1. The summed E-state index contributed by atoms with van der Waals surface area (Å²) in [5.74, 6) is -0.907. The molecule has 0 heterocycles. The van der Waals surface area contributed by atoms with Gasteiger partial charge in [0.25, 0.3) is 0 Å². The fourth-order valence-corrected chi connectivity index (χ4v) is 1.32. The summed E-state index contributed by atoms with van der Waals surface area (Å²) in [6.45, 7) is 9.95. The van der Waals surface area contributed by atoms with E-state index in [1.54, 1.807) is 0 Å². The Morgan fingerprint density at radius 3 is 1.62 bits per heavy atom. The lowest BCUT2D eigenvalue weighted by molar-refractivity contribution is -0.155. The largest absolute Gasteiger partial charge is 0.479 e. The quantitative estimate of drug-likeness (QED) is 0.735. The Balaban J connectivity index is 0. The Labute approximate surface area is 100 Å². The molecule has 0 fully saturated rings. The number of rotatable bonds is 5. The van der Waals surface area contributed by atoms with Crippen LogP contribution in [0.1, 0.15) is 60.3 Å². The van der Waals surface area contributed by atoms with Crippen molar-refractivity contribution in [2.45, 2.75) is 66.4 Å². The highest BCUT2D eigenvalue weighted by atomic mass is 16.5. The lowest BCUT2D eigenvalue weighted by Crippen LogP contribution is -2.35. The van der Waals surface area contributed by atoms with Crippen LogP contribution < -0.4 is 0 Å². The number of unbranched alkanes of at least 4 members (excludes halogenated alkanes) is 3. The number of hydrogen-bond acceptors (Lipinski definition) is 2. The third kappa shape index (κ3) is 9.97. The Kier molecular flexibility index (Phi) is 10.7. The van der Waals surface area contributed by atoms with Crippen molar-refractivity contribution in [3.8, 4) is 0 Å². The van der Waals surface area contributed by atoms with Crippen molar-refractivity contribution < 1.29 is 14.6 Å². The standard InChI is InChI=1S/C7H14O3.C6H14/c1-7(2,3)5(10-4)6(8)9;1-3-5-6-4-2/h5H,1-4H3,(H,8,9);3-6H2,1-2H3. The number of ether oxygens (including phenoxy) is 1. The van der Waals surface area contributed by atoms with Gasteiger partial charge in [-0.1, -0.05) is 60.3 Å². The second-order valence-corrected chi connectivity index (χ2v) is 5.03. The maximum atomic E-state index is 10.5. The molecule has 1 atom stereocenters. The van der Waals surface area contributed by atoms with Crippen LogP contribution in [0.25, 0.3) is 0 Å². The summed E-state index contributed by atoms with van der Waals surface area (Å²) in [6.07, 6.45) is 4.82. The van der Waals surface area contributed by atoms with E-state index in [1.807, 2.05) is 20.8 Å². The highest BCUT2D eigenvalue weighted by Crippen LogP contribution is 2.21. The molecule has 0 amide bonds. The minimum Gasteiger partial charge on any atom is -0.479 e. The fourth-order valence-electron chi connectivity index (χ4n) is 1.32. The van der Waals surface area contributed by atoms with E-state index in [9.17, 15) is 4.79 Å². The van der Waals surface area contributed by atoms with Gasteiger partial charge in [0.05, 0.1) is 0 Å². The Hall–Kier alpha value is -0.570. The molecule has 0 radical (unpaired) electrons. The number of aliphatic carboxylic acids is 1. The molecule has 0 aliphatic heterocycles.